The van der Waals surface area contributed by atoms with Crippen LogP contribution >= 0.6 is 0 Å². The lowest BCUT2D eigenvalue weighted by molar-refractivity contribution is 0.483. The monoisotopic (exact) mass is 817 g/mol. The van der Waals surface area contributed by atoms with Crippen molar-refractivity contribution in [1.82, 2.24) is 9.55 Å². The van der Waals surface area contributed by atoms with Gasteiger partial charge in [0, 0.05) is 46.0 Å². The summed E-state index contributed by atoms with van der Waals surface area (Å²) >= 11 is 0. The molecule has 2 aromatic heterocycles. The lowest BCUT2D eigenvalue weighted by Crippen LogP contribution is -2.25. The van der Waals surface area contributed by atoms with Crippen molar-refractivity contribution < 1.29 is 9.13 Å². The molecule has 0 radical (unpaired) electrons. The Labute approximate surface area is 364 Å². The molecule has 62 heavy (non-hydrogen) atoms. The molecular formula is C55H52FN5O. The number of para-hydroxylation sites is 1. The van der Waals surface area contributed by atoms with Crippen LogP contribution in [0.1, 0.15) is 79.0 Å². The number of nitrogens with zero attached hydrogens (tertiary/aromatic N) is 5. The van der Waals surface area contributed by atoms with Crippen LogP contribution in [-0.2, 0) is 16.2 Å². The summed E-state index contributed by atoms with van der Waals surface area (Å²) in [4.78, 5) is 13.3. The van der Waals surface area contributed by atoms with E-state index in [1.54, 1.807) is 6.07 Å². The fourth-order valence-electron chi connectivity index (χ4n) is 8.50. The van der Waals surface area contributed by atoms with E-state index in [1.165, 1.54) is 17.2 Å². The third-order valence-electron chi connectivity index (χ3n) is 12.0. The van der Waals surface area contributed by atoms with Crippen LogP contribution in [0.4, 0.5) is 32.8 Å². The molecule has 0 atom stereocenters. The topological polar surface area (TPSA) is 37.9 Å². The van der Waals surface area contributed by atoms with Crippen LogP contribution < -0.4 is 14.5 Å². The van der Waals surface area contributed by atoms with E-state index < -0.39 is 0 Å². The summed E-state index contributed by atoms with van der Waals surface area (Å²) in [6.07, 6.45) is 1.85. The fourth-order valence-corrected chi connectivity index (χ4v) is 8.50. The van der Waals surface area contributed by atoms with Gasteiger partial charge in [0.2, 0.25) is 0 Å². The van der Waals surface area contributed by atoms with Crippen LogP contribution in [0.3, 0.4) is 0 Å². The van der Waals surface area contributed by atoms with Crippen molar-refractivity contribution in [2.75, 3.05) is 16.5 Å². The van der Waals surface area contributed by atoms with Gasteiger partial charge in [0.15, 0.2) is 5.69 Å². The van der Waals surface area contributed by atoms with Gasteiger partial charge in [-0.05, 0) is 117 Å². The molecule has 7 heteroatoms. The maximum Gasteiger partial charge on any atom is 0.187 e. The minimum atomic E-state index is -0.285. The van der Waals surface area contributed by atoms with Crippen molar-refractivity contribution in [2.45, 2.75) is 78.6 Å². The van der Waals surface area contributed by atoms with E-state index in [0.717, 1.165) is 67.1 Å². The van der Waals surface area contributed by atoms with Crippen LogP contribution in [0, 0.1) is 12.4 Å². The second-order valence-corrected chi connectivity index (χ2v) is 19.5. The van der Waals surface area contributed by atoms with Crippen LogP contribution in [0.15, 0.2) is 140 Å². The molecule has 0 aliphatic carbocycles. The molecule has 0 unspecified atom stereocenters. The van der Waals surface area contributed by atoms with Crippen LogP contribution in [0.25, 0.3) is 43.6 Å². The first-order valence-corrected chi connectivity index (χ1v) is 21.3. The summed E-state index contributed by atoms with van der Waals surface area (Å²) in [5.74, 6) is 1.83. The number of benzene rings is 6. The first-order valence-electron chi connectivity index (χ1n) is 21.3. The molecule has 8 aromatic rings. The number of anilines is 4. The van der Waals surface area contributed by atoms with Crippen molar-refractivity contribution >= 4 is 50.2 Å². The first kappa shape index (κ1) is 40.5. The smallest absolute Gasteiger partial charge is 0.187 e. The lowest BCUT2D eigenvalue weighted by atomic mass is 9.80. The number of aromatic nitrogens is 2. The molecule has 310 valence electrons. The molecule has 0 fully saturated rings. The highest BCUT2D eigenvalue weighted by Gasteiger charge is 2.33. The highest BCUT2D eigenvalue weighted by Crippen LogP contribution is 2.51. The van der Waals surface area contributed by atoms with Gasteiger partial charge in [-0.15, -0.1) is 0 Å². The van der Waals surface area contributed by atoms with Crippen molar-refractivity contribution in [3.8, 4) is 28.4 Å². The third-order valence-corrected chi connectivity index (χ3v) is 12.0. The van der Waals surface area contributed by atoms with Crippen molar-refractivity contribution in [3.05, 3.63) is 174 Å². The Morgan fingerprint density at radius 3 is 2.03 bits per heavy atom. The van der Waals surface area contributed by atoms with Gasteiger partial charge in [-0.2, -0.15) is 0 Å². The van der Waals surface area contributed by atoms with Gasteiger partial charge in [-0.25, -0.2) is 14.2 Å². The predicted molar refractivity (Wildman–Crippen MR) is 255 cm³/mol. The van der Waals surface area contributed by atoms with Crippen molar-refractivity contribution in [3.63, 3.8) is 0 Å². The van der Waals surface area contributed by atoms with Crippen molar-refractivity contribution in [1.29, 1.82) is 0 Å². The average Bonchev–Trinajstić information content (AvgIpc) is 3.78. The minimum absolute atomic E-state index is 0.0616. The Morgan fingerprint density at radius 1 is 0.597 bits per heavy atom. The molecule has 6 aromatic carbocycles. The minimum Gasteiger partial charge on any atom is -0.457 e. The summed E-state index contributed by atoms with van der Waals surface area (Å²) in [5.41, 5.74) is 12.2. The van der Waals surface area contributed by atoms with E-state index in [9.17, 15) is 4.39 Å². The number of hydrogen-bond donors (Lipinski definition) is 0. The van der Waals surface area contributed by atoms with Crippen LogP contribution in [0.5, 0.6) is 11.5 Å². The van der Waals surface area contributed by atoms with Gasteiger partial charge < -0.3 is 14.5 Å². The Balaban J connectivity index is 1.14. The molecule has 0 bridgehead atoms. The van der Waals surface area contributed by atoms with E-state index >= 15 is 0 Å². The SMILES string of the molecule is [C-]#[N+]c1cccc(-c2cccc3c2N(c2cc(C(C)(C)C)cc(C(C)(C)C)c2)CN3c2cccc(Oc3ccc4c5cc(F)ccc5n(-c5cc(C(C)(C)C)ccn5)c4c3)c2)c1. The molecule has 3 heterocycles. The molecule has 9 rings (SSSR count). The first-order chi connectivity index (χ1) is 29.5. The molecular weight excluding hydrogens is 766 g/mol. The van der Waals surface area contributed by atoms with Gasteiger partial charge >= 0.3 is 0 Å². The number of ether oxygens (including phenoxy) is 1. The van der Waals surface area contributed by atoms with Gasteiger partial charge in [0.25, 0.3) is 0 Å². The zero-order chi connectivity index (χ0) is 43.7. The Kier molecular flexibility index (Phi) is 9.74. The molecule has 1 aliphatic heterocycles. The molecule has 0 spiro atoms. The standard InChI is InChI=1S/C55H52FN5O/c1-53(2,3)36-24-25-58-51(30-36)61-48-23-20-39(56)31-47(48)46-22-21-44(33-50(46)61)62-43-17-12-16-41(32-43)59-34-60(42-28-37(54(4,5)6)27-38(29-42)55(7,8)9)52-45(18-13-19-49(52)59)35-14-11-15-40(26-35)57-10/h11-33H,34H2,1-9H3. The van der Waals surface area contributed by atoms with Gasteiger partial charge in [0.05, 0.1) is 29.0 Å². The van der Waals surface area contributed by atoms with Crippen molar-refractivity contribution in [2.24, 2.45) is 0 Å². The zero-order valence-electron chi connectivity index (χ0n) is 37.0. The van der Waals surface area contributed by atoms with E-state index in [-0.39, 0.29) is 22.1 Å². The number of rotatable bonds is 6. The summed E-state index contributed by atoms with van der Waals surface area (Å²) in [5, 5.41) is 1.73. The predicted octanol–water partition coefficient (Wildman–Crippen LogP) is 15.5. The molecule has 0 saturated heterocycles. The normalized spacial score (nSPS) is 13.2. The van der Waals surface area contributed by atoms with Gasteiger partial charge in [0.1, 0.15) is 29.8 Å². The van der Waals surface area contributed by atoms with E-state index in [0.29, 0.717) is 23.9 Å². The maximum absolute atomic E-state index is 14.7. The Bertz CT molecular complexity index is 3050. The number of pyridine rings is 1. The van der Waals surface area contributed by atoms with Gasteiger partial charge in [-0.3, -0.25) is 4.57 Å². The summed E-state index contributed by atoms with van der Waals surface area (Å²) < 4.78 is 23.6. The Morgan fingerprint density at radius 2 is 1.31 bits per heavy atom. The largest absolute Gasteiger partial charge is 0.457 e. The molecule has 1 aliphatic rings. The van der Waals surface area contributed by atoms with Crippen LogP contribution in [-0.4, -0.2) is 16.2 Å². The average molecular weight is 818 g/mol. The lowest BCUT2D eigenvalue weighted by Gasteiger charge is -2.30. The van der Waals surface area contributed by atoms with E-state index in [2.05, 4.69) is 148 Å². The number of halogens is 1. The quantitative estimate of drug-likeness (QED) is 0.157. The molecule has 6 nitrogen and oxygen atoms in total. The zero-order valence-corrected chi connectivity index (χ0v) is 37.0. The summed E-state index contributed by atoms with van der Waals surface area (Å²) in [7, 11) is 0. The molecule has 0 amide bonds. The van der Waals surface area contributed by atoms with E-state index in [1.807, 2.05) is 60.8 Å². The maximum atomic E-state index is 14.7. The van der Waals surface area contributed by atoms with Crippen LogP contribution in [0.2, 0.25) is 0 Å². The highest BCUT2D eigenvalue weighted by atomic mass is 19.1. The molecule has 0 N–H and O–H groups in total. The Hall–Kier alpha value is -6.91. The number of hydrogen-bond acceptors (Lipinski definition) is 4. The number of fused-ring (bicyclic) bond motifs is 4. The van der Waals surface area contributed by atoms with E-state index in [4.69, 9.17) is 16.3 Å². The fraction of sp³-hybridized carbons (Fsp3) is 0.236. The second-order valence-electron chi connectivity index (χ2n) is 19.5. The summed E-state index contributed by atoms with van der Waals surface area (Å²) in [6.45, 7) is 28.5. The second kappa shape index (κ2) is 14.9. The third kappa shape index (κ3) is 7.45. The highest BCUT2D eigenvalue weighted by molar-refractivity contribution is 6.09. The van der Waals surface area contributed by atoms with Gasteiger partial charge in [-0.1, -0.05) is 105 Å². The summed E-state index contributed by atoms with van der Waals surface area (Å²) in [6, 6.07) is 44.7. The molecule has 0 saturated carbocycles.